The van der Waals surface area contributed by atoms with Gasteiger partial charge in [0.15, 0.2) is 0 Å². The number of rotatable bonds is 2. The van der Waals surface area contributed by atoms with Crippen molar-refractivity contribution in [2.45, 2.75) is 32.0 Å². The molecule has 2 atom stereocenters. The molecule has 122 valence electrons. The maximum atomic E-state index is 13.3. The van der Waals surface area contributed by atoms with Gasteiger partial charge in [-0.1, -0.05) is 6.92 Å². The molecule has 0 saturated carbocycles. The van der Waals surface area contributed by atoms with Crippen molar-refractivity contribution in [2.24, 2.45) is 5.92 Å². The molecule has 0 spiro atoms. The molecular weight excluding hydrogens is 302 g/mol. The van der Waals surface area contributed by atoms with E-state index in [0.29, 0.717) is 18.7 Å². The van der Waals surface area contributed by atoms with Crippen LogP contribution in [-0.2, 0) is 6.18 Å². The maximum Gasteiger partial charge on any atom is 0.419 e. The van der Waals surface area contributed by atoms with Gasteiger partial charge in [0.05, 0.1) is 18.2 Å². The molecule has 0 aromatic heterocycles. The van der Waals surface area contributed by atoms with E-state index in [1.807, 2.05) is 6.92 Å². The van der Waals surface area contributed by atoms with Crippen LogP contribution in [0.25, 0.3) is 0 Å². The highest BCUT2D eigenvalue weighted by atomic mass is 19.4. The molecule has 2 unspecified atom stereocenters. The van der Waals surface area contributed by atoms with Gasteiger partial charge in [-0.2, -0.15) is 13.2 Å². The Morgan fingerprint density at radius 1 is 1.41 bits per heavy atom. The summed E-state index contributed by atoms with van der Waals surface area (Å²) in [5, 5.41) is 9.42. The molecule has 0 bridgehead atoms. The van der Waals surface area contributed by atoms with Crippen LogP contribution in [0.15, 0.2) is 18.2 Å². The second kappa shape index (κ2) is 6.24. The van der Waals surface area contributed by atoms with Gasteiger partial charge in [0.25, 0.3) is 5.91 Å². The third-order valence-electron chi connectivity index (χ3n) is 4.08. The molecule has 1 heterocycles. The summed E-state index contributed by atoms with van der Waals surface area (Å²) in [7, 11) is 0. The molecule has 2 rings (SSSR count). The number of hydrogen-bond donors (Lipinski definition) is 1. The lowest BCUT2D eigenvalue weighted by Gasteiger charge is -2.39. The number of carbonyl (C=O) groups is 1. The molecule has 1 N–H and O–H groups in total. The molecule has 22 heavy (non-hydrogen) atoms. The largest absolute Gasteiger partial charge is 0.419 e. The average Bonchev–Trinajstić information content (AvgIpc) is 2.45. The van der Waals surface area contributed by atoms with Gasteiger partial charge in [-0.25, -0.2) is 4.39 Å². The van der Waals surface area contributed by atoms with Gasteiger partial charge in [0, 0.05) is 12.1 Å². The topological polar surface area (TPSA) is 40.5 Å². The van der Waals surface area contributed by atoms with Gasteiger partial charge in [-0.15, -0.1) is 0 Å². The molecule has 1 aromatic rings. The first-order valence-corrected chi connectivity index (χ1v) is 7.04. The van der Waals surface area contributed by atoms with Crippen molar-refractivity contribution in [3.63, 3.8) is 0 Å². The fourth-order valence-corrected chi connectivity index (χ4v) is 2.82. The average molecular weight is 319 g/mol. The lowest BCUT2D eigenvalue weighted by molar-refractivity contribution is -0.140. The predicted molar refractivity (Wildman–Crippen MR) is 71.7 cm³/mol. The first-order chi connectivity index (χ1) is 10.3. The summed E-state index contributed by atoms with van der Waals surface area (Å²) in [5.74, 6) is -1.96. The van der Waals surface area contributed by atoms with Crippen molar-refractivity contribution in [2.75, 3.05) is 13.2 Å². The third-order valence-corrected chi connectivity index (χ3v) is 4.08. The lowest BCUT2D eigenvalue weighted by Crippen LogP contribution is -2.49. The van der Waals surface area contributed by atoms with Crippen molar-refractivity contribution in [1.29, 1.82) is 0 Å². The van der Waals surface area contributed by atoms with Gasteiger partial charge in [-0.05, 0) is 37.0 Å². The summed E-state index contributed by atoms with van der Waals surface area (Å²) in [4.78, 5) is 13.8. The normalized spacial score (nSPS) is 22.7. The van der Waals surface area contributed by atoms with Crippen molar-refractivity contribution < 1.29 is 27.5 Å². The number of carbonyl (C=O) groups excluding carboxylic acids is 1. The molecule has 1 amide bonds. The quantitative estimate of drug-likeness (QED) is 0.851. The summed E-state index contributed by atoms with van der Waals surface area (Å²) in [5.41, 5.74) is -1.68. The number of halogens is 4. The Bertz CT molecular complexity index is 559. The third kappa shape index (κ3) is 3.24. The first kappa shape index (κ1) is 16.7. The Balaban J connectivity index is 2.33. The zero-order valence-corrected chi connectivity index (χ0v) is 12.0. The summed E-state index contributed by atoms with van der Waals surface area (Å²) in [6, 6.07) is 1.80. The van der Waals surface area contributed by atoms with Crippen LogP contribution in [-0.4, -0.2) is 35.1 Å². The molecule has 1 fully saturated rings. The highest BCUT2D eigenvalue weighted by molar-refractivity contribution is 5.94. The molecule has 3 nitrogen and oxygen atoms in total. The number of likely N-dealkylation sites (tertiary alicyclic amines) is 1. The Morgan fingerprint density at radius 2 is 2.09 bits per heavy atom. The van der Waals surface area contributed by atoms with Crippen LogP contribution in [0.5, 0.6) is 0 Å². The molecule has 1 aromatic carbocycles. The predicted octanol–water partition coefficient (Wildman–Crippen LogP) is 3.08. The Labute approximate surface area is 125 Å². The molecule has 1 aliphatic rings. The highest BCUT2D eigenvalue weighted by Crippen LogP contribution is 2.33. The second-order valence-electron chi connectivity index (χ2n) is 5.56. The van der Waals surface area contributed by atoms with E-state index in [1.165, 1.54) is 4.90 Å². The summed E-state index contributed by atoms with van der Waals surface area (Å²) >= 11 is 0. The van der Waals surface area contributed by atoms with Crippen molar-refractivity contribution in [3.8, 4) is 0 Å². The van der Waals surface area contributed by atoms with Crippen LogP contribution in [0.1, 0.15) is 35.7 Å². The number of aliphatic hydroxyl groups excluding tert-OH is 1. The molecule has 0 aliphatic carbocycles. The van der Waals surface area contributed by atoms with Crippen molar-refractivity contribution in [3.05, 3.63) is 35.1 Å². The SMILES string of the molecule is CC1CCCN(C(=O)c2ccc(F)c(C(F)(F)F)c2)C1CO. The van der Waals surface area contributed by atoms with E-state index in [2.05, 4.69) is 0 Å². The molecule has 1 saturated heterocycles. The summed E-state index contributed by atoms with van der Waals surface area (Å²) in [6.45, 7) is 2.00. The number of hydrogen-bond acceptors (Lipinski definition) is 2. The second-order valence-corrected chi connectivity index (χ2v) is 5.56. The van der Waals surface area contributed by atoms with Crippen LogP contribution in [0.3, 0.4) is 0 Å². The van der Waals surface area contributed by atoms with Crippen LogP contribution in [0.2, 0.25) is 0 Å². The molecule has 1 aliphatic heterocycles. The minimum absolute atomic E-state index is 0.0604. The standard InChI is InChI=1S/C15H17F4NO2/c1-9-3-2-6-20(13(9)8-21)14(22)10-4-5-12(16)11(7-10)15(17,18)19/h4-5,7,9,13,21H,2-3,6,8H2,1H3. The van der Waals surface area contributed by atoms with Crippen molar-refractivity contribution in [1.82, 2.24) is 4.90 Å². The van der Waals surface area contributed by atoms with E-state index < -0.39 is 29.5 Å². The zero-order valence-electron chi connectivity index (χ0n) is 12.0. The van der Waals surface area contributed by atoms with E-state index in [9.17, 15) is 27.5 Å². The van der Waals surface area contributed by atoms with Crippen LogP contribution >= 0.6 is 0 Å². The fourth-order valence-electron chi connectivity index (χ4n) is 2.82. The van der Waals surface area contributed by atoms with Gasteiger partial charge < -0.3 is 10.0 Å². The highest BCUT2D eigenvalue weighted by Gasteiger charge is 2.36. The van der Waals surface area contributed by atoms with Crippen LogP contribution in [0.4, 0.5) is 17.6 Å². The number of benzene rings is 1. The number of aliphatic hydroxyl groups is 1. The minimum Gasteiger partial charge on any atom is -0.394 e. The molecule has 7 heteroatoms. The van der Waals surface area contributed by atoms with E-state index in [1.54, 1.807) is 0 Å². The lowest BCUT2D eigenvalue weighted by atomic mass is 9.90. The Kier molecular flexibility index (Phi) is 4.75. The van der Waals surface area contributed by atoms with Gasteiger partial charge in [0.1, 0.15) is 5.82 Å². The zero-order chi connectivity index (χ0) is 16.5. The van der Waals surface area contributed by atoms with Gasteiger partial charge in [-0.3, -0.25) is 4.79 Å². The number of piperidine rings is 1. The number of nitrogens with zero attached hydrogens (tertiary/aromatic N) is 1. The van der Waals surface area contributed by atoms with Gasteiger partial charge in [0.2, 0.25) is 0 Å². The smallest absolute Gasteiger partial charge is 0.394 e. The molecule has 0 radical (unpaired) electrons. The van der Waals surface area contributed by atoms with E-state index in [0.717, 1.165) is 18.9 Å². The fraction of sp³-hybridized carbons (Fsp3) is 0.533. The summed E-state index contributed by atoms with van der Waals surface area (Å²) in [6.07, 6.45) is -3.30. The first-order valence-electron chi connectivity index (χ1n) is 7.04. The van der Waals surface area contributed by atoms with Crippen LogP contribution < -0.4 is 0 Å². The Hall–Kier alpha value is -1.63. The summed E-state index contributed by atoms with van der Waals surface area (Å²) < 4.78 is 51.5. The molecular formula is C15H17F4NO2. The van der Waals surface area contributed by atoms with E-state index in [-0.39, 0.29) is 18.1 Å². The maximum absolute atomic E-state index is 13.3. The Morgan fingerprint density at radius 3 is 2.68 bits per heavy atom. The van der Waals surface area contributed by atoms with E-state index >= 15 is 0 Å². The monoisotopic (exact) mass is 319 g/mol. The number of amides is 1. The minimum atomic E-state index is -4.86. The van der Waals surface area contributed by atoms with E-state index in [4.69, 9.17) is 0 Å². The van der Waals surface area contributed by atoms with Crippen LogP contribution in [0, 0.1) is 11.7 Å². The van der Waals surface area contributed by atoms with Gasteiger partial charge >= 0.3 is 6.18 Å². The number of alkyl halides is 3. The van der Waals surface area contributed by atoms with Crippen molar-refractivity contribution >= 4 is 5.91 Å².